The summed E-state index contributed by atoms with van der Waals surface area (Å²) in [5.41, 5.74) is 3.22. The molecule has 3 N–H and O–H groups in total. The molecular formula is C20H24N6O. The first-order valence-electron chi connectivity index (χ1n) is 9.68. The minimum absolute atomic E-state index is 0.0209. The number of nitrogens with zero attached hydrogens (tertiary/aromatic N) is 3. The van der Waals surface area contributed by atoms with Gasteiger partial charge in [0.05, 0.1) is 12.6 Å². The summed E-state index contributed by atoms with van der Waals surface area (Å²) in [4.78, 5) is 16.4. The molecule has 3 heterocycles. The van der Waals surface area contributed by atoms with Gasteiger partial charge in [-0.05, 0) is 50.2 Å². The van der Waals surface area contributed by atoms with Gasteiger partial charge in [0, 0.05) is 29.4 Å². The first-order valence-corrected chi connectivity index (χ1v) is 9.68. The van der Waals surface area contributed by atoms with E-state index in [1.165, 1.54) is 25.7 Å². The summed E-state index contributed by atoms with van der Waals surface area (Å²) in [6.07, 6.45) is 9.07. The Morgan fingerprint density at radius 1 is 1.37 bits per heavy atom. The lowest BCUT2D eigenvalue weighted by molar-refractivity contribution is -0.118. The van der Waals surface area contributed by atoms with Crippen molar-refractivity contribution >= 4 is 29.3 Å². The Balaban J connectivity index is 1.54. The highest BCUT2D eigenvalue weighted by Crippen LogP contribution is 2.34. The number of allylic oxidation sites excluding steroid dienone is 1. The molecule has 1 aliphatic heterocycles. The van der Waals surface area contributed by atoms with Crippen LogP contribution >= 0.6 is 0 Å². The fourth-order valence-corrected chi connectivity index (χ4v) is 3.54. The van der Waals surface area contributed by atoms with Gasteiger partial charge in [-0.1, -0.05) is 6.58 Å². The topological polar surface area (TPSA) is 83.4 Å². The van der Waals surface area contributed by atoms with Gasteiger partial charge in [-0.2, -0.15) is 9.61 Å². The van der Waals surface area contributed by atoms with Crippen LogP contribution in [0.25, 0.3) is 11.7 Å². The van der Waals surface area contributed by atoms with Gasteiger partial charge in [-0.25, -0.2) is 4.98 Å². The Morgan fingerprint density at radius 3 is 2.85 bits per heavy atom. The number of anilines is 2. The molecular weight excluding hydrogens is 340 g/mol. The predicted octanol–water partition coefficient (Wildman–Crippen LogP) is 2.93. The number of carbonyl (C=O) groups excluding carboxylic acids is 1. The number of hydrogen-bond donors (Lipinski definition) is 3. The van der Waals surface area contributed by atoms with E-state index in [0.717, 1.165) is 34.3 Å². The molecule has 0 aromatic carbocycles. The number of amides is 1. The van der Waals surface area contributed by atoms with Crippen molar-refractivity contribution in [2.45, 2.75) is 51.1 Å². The van der Waals surface area contributed by atoms with Crippen LogP contribution in [0, 0.1) is 5.92 Å². The molecule has 2 aromatic heterocycles. The van der Waals surface area contributed by atoms with E-state index >= 15 is 0 Å². The van der Waals surface area contributed by atoms with Gasteiger partial charge in [0.1, 0.15) is 11.6 Å². The standard InChI is InChI=1S/C20H24N6O/c1-11(13-3-4-13)22-17-9-18(24-16-5-6-16)26-20(25-17)15(10-21-26)7-14-8-19(27)23-12(14)2/h7,9-11,13,16,24H,2-6,8H2,1H3,(H,22,25)(H,23,27)/b14-7+/t11-/m1/s1. The Morgan fingerprint density at radius 2 is 2.19 bits per heavy atom. The largest absolute Gasteiger partial charge is 0.367 e. The number of nitrogens with one attached hydrogen (secondary N) is 3. The maximum atomic E-state index is 11.6. The minimum atomic E-state index is -0.0209. The van der Waals surface area contributed by atoms with Crippen molar-refractivity contribution in [3.8, 4) is 0 Å². The van der Waals surface area contributed by atoms with Crippen LogP contribution in [-0.2, 0) is 4.79 Å². The van der Waals surface area contributed by atoms with Gasteiger partial charge < -0.3 is 16.0 Å². The molecule has 27 heavy (non-hydrogen) atoms. The van der Waals surface area contributed by atoms with Crippen LogP contribution in [0.4, 0.5) is 11.6 Å². The van der Waals surface area contributed by atoms with E-state index in [2.05, 4.69) is 34.6 Å². The van der Waals surface area contributed by atoms with E-state index < -0.39 is 0 Å². The van der Waals surface area contributed by atoms with E-state index in [1.54, 1.807) is 6.20 Å². The zero-order valence-corrected chi connectivity index (χ0v) is 15.5. The maximum absolute atomic E-state index is 11.6. The normalized spacial score (nSPS) is 22.3. The summed E-state index contributed by atoms with van der Waals surface area (Å²) in [5.74, 6) is 2.54. The summed E-state index contributed by atoms with van der Waals surface area (Å²) in [5, 5.41) is 14.4. The number of fused-ring (bicyclic) bond motifs is 1. The molecule has 1 atom stereocenters. The summed E-state index contributed by atoms with van der Waals surface area (Å²) in [7, 11) is 0. The first kappa shape index (κ1) is 16.4. The lowest BCUT2D eigenvalue weighted by Crippen LogP contribution is -2.19. The molecule has 5 rings (SSSR count). The third-order valence-electron chi connectivity index (χ3n) is 5.49. The van der Waals surface area contributed by atoms with Crippen LogP contribution in [0.15, 0.2) is 30.1 Å². The quantitative estimate of drug-likeness (QED) is 0.734. The van der Waals surface area contributed by atoms with Gasteiger partial charge in [-0.15, -0.1) is 0 Å². The van der Waals surface area contributed by atoms with E-state index in [0.29, 0.717) is 24.2 Å². The van der Waals surface area contributed by atoms with Crippen molar-refractivity contribution in [2.75, 3.05) is 10.6 Å². The molecule has 0 spiro atoms. The van der Waals surface area contributed by atoms with E-state index in [1.807, 2.05) is 16.7 Å². The van der Waals surface area contributed by atoms with Crippen molar-refractivity contribution in [1.29, 1.82) is 0 Å². The number of carbonyl (C=O) groups is 1. The van der Waals surface area contributed by atoms with Crippen molar-refractivity contribution in [3.63, 3.8) is 0 Å². The Bertz CT molecular complexity index is 966. The molecule has 0 bridgehead atoms. The fraction of sp³-hybridized carbons (Fsp3) is 0.450. The number of rotatable bonds is 6. The number of aromatic nitrogens is 3. The second kappa shape index (κ2) is 6.11. The second-order valence-electron chi connectivity index (χ2n) is 7.92. The van der Waals surface area contributed by atoms with Crippen molar-refractivity contribution in [2.24, 2.45) is 5.92 Å². The summed E-state index contributed by atoms with van der Waals surface area (Å²) >= 11 is 0. The molecule has 1 saturated heterocycles. The van der Waals surface area contributed by atoms with Gasteiger partial charge in [0.15, 0.2) is 5.65 Å². The first-order chi connectivity index (χ1) is 13.1. The highest BCUT2D eigenvalue weighted by molar-refractivity contribution is 5.89. The van der Waals surface area contributed by atoms with Crippen LogP contribution in [-0.4, -0.2) is 32.6 Å². The molecule has 0 unspecified atom stereocenters. The lowest BCUT2D eigenvalue weighted by atomic mass is 10.1. The van der Waals surface area contributed by atoms with Gasteiger partial charge in [0.25, 0.3) is 0 Å². The van der Waals surface area contributed by atoms with Crippen LogP contribution in [0.1, 0.15) is 44.6 Å². The number of hydrogen-bond acceptors (Lipinski definition) is 5. The van der Waals surface area contributed by atoms with Gasteiger partial charge in [-0.3, -0.25) is 4.79 Å². The molecule has 2 saturated carbocycles. The molecule has 7 heteroatoms. The molecule has 3 aliphatic rings. The summed E-state index contributed by atoms with van der Waals surface area (Å²) in [6, 6.07) is 2.98. The van der Waals surface area contributed by atoms with Crippen molar-refractivity contribution in [3.05, 3.63) is 35.7 Å². The van der Waals surface area contributed by atoms with E-state index in [4.69, 9.17) is 4.98 Å². The Hall–Kier alpha value is -2.83. The van der Waals surface area contributed by atoms with E-state index in [-0.39, 0.29) is 5.91 Å². The molecule has 2 aromatic rings. The Labute approximate surface area is 157 Å². The van der Waals surface area contributed by atoms with Crippen LogP contribution < -0.4 is 16.0 Å². The lowest BCUT2D eigenvalue weighted by Gasteiger charge is -2.16. The molecule has 1 amide bonds. The monoisotopic (exact) mass is 364 g/mol. The summed E-state index contributed by atoms with van der Waals surface area (Å²) < 4.78 is 1.85. The smallest absolute Gasteiger partial charge is 0.228 e. The minimum Gasteiger partial charge on any atom is -0.367 e. The molecule has 7 nitrogen and oxygen atoms in total. The fourth-order valence-electron chi connectivity index (χ4n) is 3.54. The molecule has 140 valence electrons. The average Bonchev–Trinajstić information content (AvgIpc) is 3.53. The second-order valence-corrected chi connectivity index (χ2v) is 7.92. The molecule has 2 aliphatic carbocycles. The van der Waals surface area contributed by atoms with E-state index in [9.17, 15) is 4.79 Å². The van der Waals surface area contributed by atoms with Crippen LogP contribution in [0.2, 0.25) is 0 Å². The predicted molar refractivity (Wildman–Crippen MR) is 105 cm³/mol. The van der Waals surface area contributed by atoms with Crippen LogP contribution in [0.3, 0.4) is 0 Å². The SMILES string of the molecule is C=C1NC(=O)C/C1=C\c1cnn2c(NC3CC3)cc(N[C@H](C)C3CC3)nc12. The third-order valence-corrected chi connectivity index (χ3v) is 5.49. The molecule has 0 radical (unpaired) electrons. The zero-order chi connectivity index (χ0) is 18.5. The average molecular weight is 364 g/mol. The third kappa shape index (κ3) is 3.29. The van der Waals surface area contributed by atoms with Crippen molar-refractivity contribution in [1.82, 2.24) is 19.9 Å². The van der Waals surface area contributed by atoms with Crippen molar-refractivity contribution < 1.29 is 4.79 Å². The highest BCUT2D eigenvalue weighted by atomic mass is 16.1. The highest BCUT2D eigenvalue weighted by Gasteiger charge is 2.29. The zero-order valence-electron chi connectivity index (χ0n) is 15.5. The Kier molecular flexibility index (Phi) is 3.70. The van der Waals surface area contributed by atoms with Gasteiger partial charge >= 0.3 is 0 Å². The summed E-state index contributed by atoms with van der Waals surface area (Å²) in [6.45, 7) is 6.14. The van der Waals surface area contributed by atoms with Gasteiger partial charge in [0.2, 0.25) is 5.91 Å². The molecule has 3 fully saturated rings. The van der Waals surface area contributed by atoms with Crippen LogP contribution in [0.5, 0.6) is 0 Å². The maximum Gasteiger partial charge on any atom is 0.228 e.